The van der Waals surface area contributed by atoms with E-state index in [0.29, 0.717) is 24.1 Å². The molecule has 2 atom stereocenters. The van der Waals surface area contributed by atoms with Crippen molar-refractivity contribution in [2.24, 2.45) is 0 Å². The number of nitrogens with zero attached hydrogens (tertiary/aromatic N) is 2. The molecule has 1 N–H and O–H groups in total. The van der Waals surface area contributed by atoms with Crippen molar-refractivity contribution in [3.63, 3.8) is 0 Å². The summed E-state index contributed by atoms with van der Waals surface area (Å²) < 4.78 is 17.2. The second-order valence-corrected chi connectivity index (χ2v) is 4.59. The van der Waals surface area contributed by atoms with Crippen LogP contribution in [-0.2, 0) is 0 Å². The van der Waals surface area contributed by atoms with Gasteiger partial charge in [0.05, 0.1) is 6.04 Å². The van der Waals surface area contributed by atoms with Crippen LogP contribution in [0.3, 0.4) is 0 Å². The van der Waals surface area contributed by atoms with Gasteiger partial charge in [-0.15, -0.1) is 10.2 Å². The number of ether oxygens (including phenoxy) is 2. The van der Waals surface area contributed by atoms with Crippen LogP contribution < -0.4 is 14.8 Å². The molecule has 6 nitrogen and oxygen atoms in total. The Morgan fingerprint density at radius 1 is 1.30 bits per heavy atom. The molecule has 0 aliphatic carbocycles. The summed E-state index contributed by atoms with van der Waals surface area (Å²) in [5.74, 6) is 2.46. The first-order chi connectivity index (χ1) is 9.81. The van der Waals surface area contributed by atoms with E-state index in [-0.39, 0.29) is 12.1 Å². The molecule has 0 bridgehead atoms. The van der Waals surface area contributed by atoms with Gasteiger partial charge in [0.25, 0.3) is 5.89 Å². The van der Waals surface area contributed by atoms with Gasteiger partial charge in [0.1, 0.15) is 6.61 Å². The van der Waals surface area contributed by atoms with Crippen LogP contribution in [0.1, 0.15) is 37.3 Å². The molecule has 1 aromatic carbocycles. The van der Waals surface area contributed by atoms with Crippen molar-refractivity contribution in [3.05, 3.63) is 36.0 Å². The van der Waals surface area contributed by atoms with Gasteiger partial charge < -0.3 is 19.2 Å². The maximum atomic E-state index is 5.84. The fourth-order valence-corrected chi connectivity index (χ4v) is 2.16. The van der Waals surface area contributed by atoms with E-state index >= 15 is 0 Å². The zero-order chi connectivity index (χ0) is 13.9. The molecule has 6 heteroatoms. The Balaban J connectivity index is 1.78. The Labute approximate surface area is 117 Å². The van der Waals surface area contributed by atoms with Crippen LogP contribution in [0, 0.1) is 0 Å². The number of para-hydroxylation sites is 2. The molecular formula is C14H17N3O3. The molecule has 1 aliphatic heterocycles. The summed E-state index contributed by atoms with van der Waals surface area (Å²) in [4.78, 5) is 0. The van der Waals surface area contributed by atoms with Crippen LogP contribution in [0.2, 0.25) is 0 Å². The highest BCUT2D eigenvalue weighted by atomic mass is 16.6. The Kier molecular flexibility index (Phi) is 3.56. The normalized spacial score (nSPS) is 18.8. The quantitative estimate of drug-likeness (QED) is 0.923. The van der Waals surface area contributed by atoms with Crippen LogP contribution in [0.5, 0.6) is 11.5 Å². The highest BCUT2D eigenvalue weighted by molar-refractivity contribution is 5.40. The van der Waals surface area contributed by atoms with Gasteiger partial charge in [-0.2, -0.15) is 0 Å². The second kappa shape index (κ2) is 5.50. The lowest BCUT2D eigenvalue weighted by molar-refractivity contribution is 0.0698. The summed E-state index contributed by atoms with van der Waals surface area (Å²) in [7, 11) is 1.87. The number of fused-ring (bicyclic) bond motifs is 1. The number of aromatic nitrogens is 2. The molecule has 0 saturated heterocycles. The highest BCUT2D eigenvalue weighted by Gasteiger charge is 2.28. The Bertz CT molecular complexity index is 581. The molecule has 2 unspecified atom stereocenters. The number of hydrogen-bond donors (Lipinski definition) is 1. The van der Waals surface area contributed by atoms with Crippen molar-refractivity contribution in [3.8, 4) is 11.5 Å². The fraction of sp³-hybridized carbons (Fsp3) is 0.429. The lowest BCUT2D eigenvalue weighted by atomic mass is 10.2. The Morgan fingerprint density at radius 2 is 2.10 bits per heavy atom. The smallest absolute Gasteiger partial charge is 0.260 e. The van der Waals surface area contributed by atoms with Gasteiger partial charge in [-0.25, -0.2) is 0 Å². The van der Waals surface area contributed by atoms with E-state index in [9.17, 15) is 0 Å². The Morgan fingerprint density at radius 3 is 2.85 bits per heavy atom. The lowest BCUT2D eigenvalue weighted by Crippen LogP contribution is -2.21. The van der Waals surface area contributed by atoms with Crippen LogP contribution in [0.15, 0.2) is 28.7 Å². The largest absolute Gasteiger partial charge is 0.485 e. The van der Waals surface area contributed by atoms with Gasteiger partial charge >= 0.3 is 0 Å². The van der Waals surface area contributed by atoms with Crippen molar-refractivity contribution in [1.29, 1.82) is 0 Å². The van der Waals surface area contributed by atoms with E-state index in [2.05, 4.69) is 22.4 Å². The van der Waals surface area contributed by atoms with Gasteiger partial charge in [-0.1, -0.05) is 19.1 Å². The molecule has 1 aliphatic rings. The van der Waals surface area contributed by atoms with Gasteiger partial charge in [-0.3, -0.25) is 0 Å². The molecule has 1 aromatic heterocycles. The first kappa shape index (κ1) is 12.9. The van der Waals surface area contributed by atoms with Crippen LogP contribution in [0.25, 0.3) is 0 Å². The molecule has 0 saturated carbocycles. The van der Waals surface area contributed by atoms with Crippen molar-refractivity contribution < 1.29 is 13.9 Å². The van der Waals surface area contributed by atoms with E-state index in [1.165, 1.54) is 0 Å². The number of nitrogens with one attached hydrogen (secondary N) is 1. The maximum Gasteiger partial charge on any atom is 0.260 e. The third-order valence-electron chi connectivity index (χ3n) is 3.30. The second-order valence-electron chi connectivity index (χ2n) is 4.59. The number of hydrogen-bond acceptors (Lipinski definition) is 6. The minimum atomic E-state index is -0.361. The summed E-state index contributed by atoms with van der Waals surface area (Å²) in [5.41, 5.74) is 0. The Hall–Kier alpha value is -2.08. The predicted octanol–water partition coefficient (Wildman–Crippen LogP) is 2.25. The molecular weight excluding hydrogens is 258 g/mol. The third kappa shape index (κ3) is 2.34. The van der Waals surface area contributed by atoms with Gasteiger partial charge in [0.2, 0.25) is 12.0 Å². The summed E-state index contributed by atoms with van der Waals surface area (Å²) >= 11 is 0. The van der Waals surface area contributed by atoms with Gasteiger partial charge in [0.15, 0.2) is 11.5 Å². The van der Waals surface area contributed by atoms with Crippen molar-refractivity contribution >= 4 is 0 Å². The standard InChI is InChI=1S/C14H17N3O3/c1-3-9(15-2)13-16-17-14(20-13)12-8-18-10-6-4-5-7-11(10)19-12/h4-7,9,12,15H,3,8H2,1-2H3. The lowest BCUT2D eigenvalue weighted by Gasteiger charge is -2.23. The van der Waals surface area contributed by atoms with Crippen LogP contribution in [-0.4, -0.2) is 23.9 Å². The zero-order valence-corrected chi connectivity index (χ0v) is 11.5. The first-order valence-electron chi connectivity index (χ1n) is 6.71. The SMILES string of the molecule is CCC(NC)c1nnc(C2COc3ccccc3O2)o1. The van der Waals surface area contributed by atoms with Crippen molar-refractivity contribution in [2.75, 3.05) is 13.7 Å². The zero-order valence-electron chi connectivity index (χ0n) is 11.5. The number of rotatable bonds is 4. The van der Waals surface area contributed by atoms with Crippen molar-refractivity contribution in [2.45, 2.75) is 25.5 Å². The average molecular weight is 275 g/mol. The van der Waals surface area contributed by atoms with E-state index in [0.717, 1.165) is 12.2 Å². The molecule has 0 spiro atoms. The van der Waals surface area contributed by atoms with Crippen LogP contribution in [0.4, 0.5) is 0 Å². The molecule has 3 rings (SSSR count). The summed E-state index contributed by atoms with van der Waals surface area (Å²) in [5, 5.41) is 11.3. The minimum Gasteiger partial charge on any atom is -0.485 e. The topological polar surface area (TPSA) is 69.4 Å². The fourth-order valence-electron chi connectivity index (χ4n) is 2.16. The van der Waals surface area contributed by atoms with E-state index in [1.54, 1.807) is 0 Å². The van der Waals surface area contributed by atoms with Gasteiger partial charge in [-0.05, 0) is 25.6 Å². The van der Waals surface area contributed by atoms with Crippen molar-refractivity contribution in [1.82, 2.24) is 15.5 Å². The summed E-state index contributed by atoms with van der Waals surface area (Å²) in [6.07, 6.45) is 0.517. The van der Waals surface area contributed by atoms with Gasteiger partial charge in [0, 0.05) is 0 Å². The monoisotopic (exact) mass is 275 g/mol. The molecule has 2 aromatic rings. The number of benzene rings is 1. The molecule has 20 heavy (non-hydrogen) atoms. The molecule has 106 valence electrons. The average Bonchev–Trinajstić information content (AvgIpc) is 2.98. The first-order valence-corrected chi connectivity index (χ1v) is 6.71. The minimum absolute atomic E-state index is 0.0630. The molecule has 0 fully saturated rings. The highest BCUT2D eigenvalue weighted by Crippen LogP contribution is 2.35. The molecule has 2 heterocycles. The summed E-state index contributed by atoms with van der Waals surface area (Å²) in [6, 6.07) is 7.61. The van der Waals surface area contributed by atoms with E-state index in [4.69, 9.17) is 13.9 Å². The summed E-state index contributed by atoms with van der Waals surface area (Å²) in [6.45, 7) is 2.43. The molecule has 0 radical (unpaired) electrons. The maximum absolute atomic E-state index is 5.84. The van der Waals surface area contributed by atoms with E-state index < -0.39 is 0 Å². The predicted molar refractivity (Wildman–Crippen MR) is 71.7 cm³/mol. The third-order valence-corrected chi connectivity index (χ3v) is 3.30. The molecule has 0 amide bonds. The van der Waals surface area contributed by atoms with Crippen LogP contribution >= 0.6 is 0 Å². The van der Waals surface area contributed by atoms with E-state index in [1.807, 2.05) is 31.3 Å².